The van der Waals surface area contributed by atoms with Crippen LogP contribution in [0.3, 0.4) is 0 Å². The Kier molecular flexibility index (Phi) is 4.68. The summed E-state index contributed by atoms with van der Waals surface area (Å²) in [5.74, 6) is -0.581. The third-order valence-corrected chi connectivity index (χ3v) is 5.88. The second kappa shape index (κ2) is 7.43. The number of rotatable bonds is 4. The maximum absolute atomic E-state index is 13.7. The molecule has 2 fully saturated rings. The standard InChI is InChI=1S/C21H21F2N7O2/c1-11-5-12(2)30(27-11)19-8-18(28-9-15-7-14(28)10-29(15)21(31)32)25-20(26-19)24-13-3-4-16(22)17(23)6-13/h3-6,8,14-15H,7,9-10H2,1-2H3,(H,31,32)(H,24,25,26)/t14-,15-/m0/s1. The number of amides is 1. The first-order chi connectivity index (χ1) is 15.3. The maximum atomic E-state index is 13.7. The first-order valence-corrected chi connectivity index (χ1v) is 10.2. The van der Waals surface area contributed by atoms with E-state index in [2.05, 4.69) is 25.3 Å². The van der Waals surface area contributed by atoms with Crippen LogP contribution in [-0.4, -0.2) is 61.0 Å². The summed E-state index contributed by atoms with van der Waals surface area (Å²) in [4.78, 5) is 24.1. The molecule has 0 radical (unpaired) electrons. The fourth-order valence-electron chi connectivity index (χ4n) is 4.48. The van der Waals surface area contributed by atoms with Crippen LogP contribution in [0.5, 0.6) is 0 Å². The van der Waals surface area contributed by atoms with Crippen molar-refractivity contribution in [3.8, 4) is 5.82 Å². The third-order valence-electron chi connectivity index (χ3n) is 5.88. The van der Waals surface area contributed by atoms with Crippen LogP contribution in [0.4, 0.5) is 31.0 Å². The van der Waals surface area contributed by atoms with Crippen molar-refractivity contribution in [3.63, 3.8) is 0 Å². The van der Waals surface area contributed by atoms with Crippen LogP contribution < -0.4 is 10.2 Å². The highest BCUT2D eigenvalue weighted by atomic mass is 19.2. The molecule has 2 aromatic heterocycles. The summed E-state index contributed by atoms with van der Waals surface area (Å²) in [5, 5.41) is 16.8. The number of hydrogen-bond acceptors (Lipinski definition) is 6. The fraction of sp³-hybridized carbons (Fsp3) is 0.333. The normalized spacial score (nSPS) is 19.6. The van der Waals surface area contributed by atoms with E-state index in [0.717, 1.165) is 29.9 Å². The van der Waals surface area contributed by atoms with Gasteiger partial charge in [-0.25, -0.2) is 18.3 Å². The third kappa shape index (κ3) is 3.49. The summed E-state index contributed by atoms with van der Waals surface area (Å²) in [6.07, 6.45) is -0.179. The van der Waals surface area contributed by atoms with E-state index in [1.54, 1.807) is 4.68 Å². The fourth-order valence-corrected chi connectivity index (χ4v) is 4.48. The Hall–Kier alpha value is -3.76. The van der Waals surface area contributed by atoms with Gasteiger partial charge in [-0.2, -0.15) is 15.1 Å². The molecule has 9 nitrogen and oxygen atoms in total. The van der Waals surface area contributed by atoms with Crippen LogP contribution in [0.1, 0.15) is 17.8 Å². The van der Waals surface area contributed by atoms with Gasteiger partial charge < -0.3 is 20.2 Å². The monoisotopic (exact) mass is 441 g/mol. The molecule has 1 amide bonds. The highest BCUT2D eigenvalue weighted by Crippen LogP contribution is 2.35. The molecule has 11 heteroatoms. The minimum Gasteiger partial charge on any atom is -0.465 e. The Bertz CT molecular complexity index is 1210. The van der Waals surface area contributed by atoms with Crippen LogP contribution >= 0.6 is 0 Å². The van der Waals surface area contributed by atoms with Gasteiger partial charge in [-0.15, -0.1) is 0 Å². The lowest BCUT2D eigenvalue weighted by Gasteiger charge is -2.33. The SMILES string of the molecule is Cc1cc(C)n(-c2cc(N3C[C@@H]4C[C@H]3CN4C(=O)O)nc(Nc3ccc(F)c(F)c3)n2)n1. The summed E-state index contributed by atoms with van der Waals surface area (Å²) in [6, 6.07) is 7.12. The van der Waals surface area contributed by atoms with Crippen molar-refractivity contribution in [3.05, 3.63) is 53.4 Å². The Morgan fingerprint density at radius 2 is 1.84 bits per heavy atom. The summed E-state index contributed by atoms with van der Waals surface area (Å²) >= 11 is 0. The molecule has 2 bridgehead atoms. The number of piperazine rings is 1. The van der Waals surface area contributed by atoms with E-state index >= 15 is 0 Å². The minimum atomic E-state index is -0.976. The molecular weight excluding hydrogens is 420 g/mol. The zero-order valence-corrected chi connectivity index (χ0v) is 17.5. The predicted octanol–water partition coefficient (Wildman–Crippen LogP) is 3.24. The Balaban J connectivity index is 1.52. The topological polar surface area (TPSA) is 99.4 Å². The predicted molar refractivity (Wildman–Crippen MR) is 113 cm³/mol. The number of fused-ring (bicyclic) bond motifs is 2. The molecule has 0 spiro atoms. The van der Waals surface area contributed by atoms with E-state index in [-0.39, 0.29) is 18.0 Å². The largest absolute Gasteiger partial charge is 0.465 e. The quantitative estimate of drug-likeness (QED) is 0.641. The number of anilines is 3. The number of nitrogens with zero attached hydrogens (tertiary/aromatic N) is 6. The van der Waals surface area contributed by atoms with Gasteiger partial charge in [-0.1, -0.05) is 0 Å². The van der Waals surface area contributed by atoms with E-state index in [4.69, 9.17) is 0 Å². The van der Waals surface area contributed by atoms with Gasteiger partial charge in [0.2, 0.25) is 5.95 Å². The zero-order valence-electron chi connectivity index (χ0n) is 17.5. The number of likely N-dealkylation sites (tertiary alicyclic amines) is 1. The molecule has 0 unspecified atom stereocenters. The van der Waals surface area contributed by atoms with Gasteiger partial charge >= 0.3 is 6.09 Å². The second-order valence-corrected chi connectivity index (χ2v) is 8.13. The number of hydrogen-bond donors (Lipinski definition) is 2. The molecule has 5 rings (SSSR count). The summed E-state index contributed by atoms with van der Waals surface area (Å²) in [7, 11) is 0. The lowest BCUT2D eigenvalue weighted by Crippen LogP contribution is -2.48. The number of carbonyl (C=O) groups is 1. The van der Waals surface area contributed by atoms with Crippen LogP contribution in [-0.2, 0) is 0 Å². The van der Waals surface area contributed by atoms with Crippen molar-refractivity contribution in [1.82, 2.24) is 24.6 Å². The molecule has 2 aliphatic heterocycles. The van der Waals surface area contributed by atoms with Gasteiger partial charge in [0.15, 0.2) is 17.5 Å². The Morgan fingerprint density at radius 3 is 2.47 bits per heavy atom. The lowest BCUT2D eigenvalue weighted by atomic mass is 10.2. The van der Waals surface area contributed by atoms with Crippen LogP contribution in [0.15, 0.2) is 30.3 Å². The molecule has 4 heterocycles. The molecule has 0 aliphatic carbocycles. The van der Waals surface area contributed by atoms with Gasteiger partial charge in [-0.05, 0) is 38.5 Å². The second-order valence-electron chi connectivity index (χ2n) is 8.13. The first kappa shape index (κ1) is 20.2. The molecule has 166 valence electrons. The average Bonchev–Trinajstić information content (AvgIpc) is 3.44. The van der Waals surface area contributed by atoms with Crippen molar-refractivity contribution in [2.24, 2.45) is 0 Å². The Labute approximate surface area is 182 Å². The van der Waals surface area contributed by atoms with E-state index in [0.29, 0.717) is 30.4 Å². The van der Waals surface area contributed by atoms with E-state index < -0.39 is 17.7 Å². The van der Waals surface area contributed by atoms with Crippen molar-refractivity contribution in [2.75, 3.05) is 23.3 Å². The molecule has 2 N–H and O–H groups in total. The highest BCUT2D eigenvalue weighted by Gasteiger charge is 2.46. The van der Waals surface area contributed by atoms with Crippen molar-refractivity contribution in [2.45, 2.75) is 32.4 Å². The van der Waals surface area contributed by atoms with Crippen molar-refractivity contribution < 1.29 is 18.7 Å². The van der Waals surface area contributed by atoms with E-state index in [1.807, 2.05) is 26.0 Å². The number of halogens is 2. The number of benzene rings is 1. The number of carboxylic acid groups (broad SMARTS) is 1. The van der Waals surface area contributed by atoms with Crippen LogP contribution in [0, 0.1) is 25.5 Å². The van der Waals surface area contributed by atoms with Gasteiger partial charge in [0, 0.05) is 36.6 Å². The van der Waals surface area contributed by atoms with E-state index in [1.165, 1.54) is 11.0 Å². The molecule has 32 heavy (non-hydrogen) atoms. The zero-order chi connectivity index (χ0) is 22.6. The van der Waals surface area contributed by atoms with Crippen molar-refractivity contribution in [1.29, 1.82) is 0 Å². The van der Waals surface area contributed by atoms with E-state index in [9.17, 15) is 18.7 Å². The molecule has 0 saturated carbocycles. The number of aryl methyl sites for hydroxylation is 2. The van der Waals surface area contributed by atoms with Crippen molar-refractivity contribution >= 4 is 23.5 Å². The van der Waals surface area contributed by atoms with Gasteiger partial charge in [-0.3, -0.25) is 0 Å². The first-order valence-electron chi connectivity index (χ1n) is 10.2. The molecule has 3 aromatic rings. The molecular formula is C21H21F2N7O2. The molecule has 2 aliphatic rings. The van der Waals surface area contributed by atoms with Crippen LogP contribution in [0.2, 0.25) is 0 Å². The Morgan fingerprint density at radius 1 is 1.06 bits per heavy atom. The summed E-state index contributed by atoms with van der Waals surface area (Å²) < 4.78 is 28.7. The van der Waals surface area contributed by atoms with Gasteiger partial charge in [0.1, 0.15) is 5.82 Å². The van der Waals surface area contributed by atoms with Gasteiger partial charge in [0.25, 0.3) is 0 Å². The smallest absolute Gasteiger partial charge is 0.407 e. The maximum Gasteiger partial charge on any atom is 0.407 e. The molecule has 2 saturated heterocycles. The highest BCUT2D eigenvalue weighted by molar-refractivity contribution is 5.67. The average molecular weight is 441 g/mol. The molecule has 1 aromatic carbocycles. The lowest BCUT2D eigenvalue weighted by molar-refractivity contribution is 0.137. The number of nitrogens with one attached hydrogen (secondary N) is 1. The summed E-state index contributed by atoms with van der Waals surface area (Å²) in [6.45, 7) is 4.72. The van der Waals surface area contributed by atoms with Gasteiger partial charge in [0.05, 0.1) is 17.8 Å². The number of aromatic nitrogens is 4. The summed E-state index contributed by atoms with van der Waals surface area (Å²) in [5.41, 5.74) is 2.02. The molecule has 2 atom stereocenters. The minimum absolute atomic E-state index is 0.00965. The van der Waals surface area contributed by atoms with Crippen LogP contribution in [0.25, 0.3) is 5.82 Å².